The van der Waals surface area contributed by atoms with Crippen molar-refractivity contribution < 1.29 is 19.1 Å². The zero-order valence-corrected chi connectivity index (χ0v) is 9.90. The van der Waals surface area contributed by atoms with E-state index in [1.807, 2.05) is 0 Å². The molecule has 96 valence electrons. The Bertz CT molecular complexity index is 311. The Kier molecular flexibility index (Phi) is 5.09. The zero-order valence-electron chi connectivity index (χ0n) is 9.90. The van der Waals surface area contributed by atoms with Crippen LogP contribution in [0.5, 0.6) is 0 Å². The van der Waals surface area contributed by atoms with Gasteiger partial charge in [-0.2, -0.15) is 0 Å². The lowest BCUT2D eigenvalue weighted by atomic mass is 10.1. The summed E-state index contributed by atoms with van der Waals surface area (Å²) in [6.07, 6.45) is 1.14. The minimum atomic E-state index is -0.771. The summed E-state index contributed by atoms with van der Waals surface area (Å²) >= 11 is 0. The van der Waals surface area contributed by atoms with E-state index in [1.54, 1.807) is 0 Å². The number of nitrogens with one attached hydrogen (secondary N) is 1. The molecule has 1 saturated heterocycles. The largest absolute Gasteiger partial charge is 0.381 e. The summed E-state index contributed by atoms with van der Waals surface area (Å²) in [5, 5.41) is 2.57. The molecule has 6 nitrogen and oxygen atoms in total. The number of amides is 2. The summed E-state index contributed by atoms with van der Waals surface area (Å²) in [7, 11) is 0. The molecule has 1 fully saturated rings. The third-order valence-corrected chi connectivity index (χ3v) is 2.75. The van der Waals surface area contributed by atoms with Gasteiger partial charge in [-0.15, -0.1) is 0 Å². The number of carbonyl (C=O) groups is 3. The molecule has 17 heavy (non-hydrogen) atoms. The van der Waals surface area contributed by atoms with Crippen molar-refractivity contribution in [1.82, 2.24) is 5.32 Å². The van der Waals surface area contributed by atoms with Crippen LogP contribution in [0.15, 0.2) is 0 Å². The zero-order chi connectivity index (χ0) is 12.8. The van der Waals surface area contributed by atoms with Crippen molar-refractivity contribution in [3.05, 3.63) is 0 Å². The predicted molar refractivity (Wildman–Crippen MR) is 60.0 cm³/mol. The molecule has 1 aliphatic heterocycles. The van der Waals surface area contributed by atoms with Crippen LogP contribution in [-0.2, 0) is 19.1 Å². The van der Waals surface area contributed by atoms with Crippen molar-refractivity contribution in [1.29, 1.82) is 0 Å². The fourth-order valence-corrected chi connectivity index (χ4v) is 1.66. The molecule has 1 heterocycles. The number of carbonyl (C=O) groups excluding carboxylic acids is 3. The van der Waals surface area contributed by atoms with E-state index in [1.165, 1.54) is 6.92 Å². The molecule has 0 unspecified atom stereocenters. The number of hydrogen-bond acceptors (Lipinski definition) is 4. The highest BCUT2D eigenvalue weighted by Gasteiger charge is 2.27. The molecule has 0 spiro atoms. The van der Waals surface area contributed by atoms with Crippen molar-refractivity contribution in [2.24, 2.45) is 11.7 Å². The lowest BCUT2D eigenvalue weighted by molar-refractivity contribution is -0.130. The number of Topliss-reactive ketones (excluding diaryl/α,β-unsaturated/α-hetero) is 1. The van der Waals surface area contributed by atoms with Gasteiger partial charge in [0.25, 0.3) is 0 Å². The molecular formula is C11H18N2O4. The molecule has 0 aromatic carbocycles. The Morgan fingerprint density at radius 3 is 2.65 bits per heavy atom. The topological polar surface area (TPSA) is 98.5 Å². The van der Waals surface area contributed by atoms with Gasteiger partial charge in [0.15, 0.2) is 0 Å². The summed E-state index contributed by atoms with van der Waals surface area (Å²) in [5.74, 6) is -1.09. The number of rotatable bonds is 6. The van der Waals surface area contributed by atoms with Gasteiger partial charge in [-0.25, -0.2) is 0 Å². The van der Waals surface area contributed by atoms with E-state index in [9.17, 15) is 14.4 Å². The van der Waals surface area contributed by atoms with E-state index in [2.05, 4.69) is 5.32 Å². The van der Waals surface area contributed by atoms with E-state index in [0.717, 1.165) is 0 Å². The molecule has 0 bridgehead atoms. The van der Waals surface area contributed by atoms with Crippen LogP contribution in [0.3, 0.4) is 0 Å². The summed E-state index contributed by atoms with van der Waals surface area (Å²) in [6.45, 7) is 2.38. The Labute approximate surface area is 99.9 Å². The molecule has 3 N–H and O–H groups in total. The van der Waals surface area contributed by atoms with Crippen LogP contribution in [0.4, 0.5) is 0 Å². The first-order chi connectivity index (χ1) is 8.00. The van der Waals surface area contributed by atoms with Crippen LogP contribution in [0.1, 0.15) is 26.2 Å². The second-order valence-electron chi connectivity index (χ2n) is 4.26. The van der Waals surface area contributed by atoms with Crippen molar-refractivity contribution in [3.8, 4) is 0 Å². The average molecular weight is 242 g/mol. The van der Waals surface area contributed by atoms with Gasteiger partial charge < -0.3 is 20.6 Å². The highest BCUT2D eigenvalue weighted by atomic mass is 16.5. The Morgan fingerprint density at radius 2 is 2.18 bits per heavy atom. The van der Waals surface area contributed by atoms with Gasteiger partial charge in [-0.3, -0.25) is 9.59 Å². The Hall–Kier alpha value is -1.43. The van der Waals surface area contributed by atoms with Crippen LogP contribution in [0.25, 0.3) is 0 Å². The predicted octanol–water partition coefficient (Wildman–Crippen LogP) is -0.638. The second kappa shape index (κ2) is 6.34. The number of ether oxygens (including phenoxy) is 1. The van der Waals surface area contributed by atoms with Crippen LogP contribution in [0.2, 0.25) is 0 Å². The number of nitrogens with two attached hydrogens (primary N) is 1. The van der Waals surface area contributed by atoms with E-state index >= 15 is 0 Å². The van der Waals surface area contributed by atoms with Gasteiger partial charge in [0, 0.05) is 13.0 Å². The van der Waals surface area contributed by atoms with Gasteiger partial charge in [0.05, 0.1) is 12.5 Å². The molecule has 0 aromatic heterocycles. The van der Waals surface area contributed by atoms with Crippen molar-refractivity contribution in [2.45, 2.75) is 32.2 Å². The normalized spacial score (nSPS) is 20.9. The van der Waals surface area contributed by atoms with Crippen LogP contribution in [-0.4, -0.2) is 36.9 Å². The lowest BCUT2D eigenvalue weighted by Gasteiger charge is -2.16. The third kappa shape index (κ3) is 4.52. The lowest BCUT2D eigenvalue weighted by Crippen LogP contribution is -2.46. The van der Waals surface area contributed by atoms with Gasteiger partial charge >= 0.3 is 0 Å². The molecule has 1 aliphatic rings. The average Bonchev–Trinajstić information content (AvgIpc) is 2.76. The molecule has 6 heteroatoms. The molecule has 2 amide bonds. The molecular weight excluding hydrogens is 224 g/mol. The fraction of sp³-hybridized carbons (Fsp3) is 0.727. The van der Waals surface area contributed by atoms with E-state index in [-0.39, 0.29) is 30.4 Å². The van der Waals surface area contributed by atoms with Crippen molar-refractivity contribution >= 4 is 17.6 Å². The van der Waals surface area contributed by atoms with Gasteiger partial charge in [-0.05, 0) is 19.8 Å². The number of hydrogen-bond donors (Lipinski definition) is 2. The standard InChI is InChI=1S/C11H18N2O4/c1-7(14)2-3-9(10(12)15)13-11(16)8-4-5-17-6-8/h8-9H,2-6H2,1H3,(H2,12,15)(H,13,16)/t8-,9-/m0/s1. The number of primary amides is 1. The maximum Gasteiger partial charge on any atom is 0.240 e. The van der Waals surface area contributed by atoms with Gasteiger partial charge in [0.2, 0.25) is 11.8 Å². The molecule has 1 rings (SSSR count). The maximum absolute atomic E-state index is 11.7. The summed E-state index contributed by atoms with van der Waals surface area (Å²) in [6, 6.07) is -0.771. The minimum absolute atomic E-state index is 0.0327. The summed E-state index contributed by atoms with van der Waals surface area (Å²) < 4.78 is 5.09. The summed E-state index contributed by atoms with van der Waals surface area (Å²) in [5.41, 5.74) is 5.17. The molecule has 0 aliphatic carbocycles. The van der Waals surface area contributed by atoms with Gasteiger partial charge in [-0.1, -0.05) is 0 Å². The Morgan fingerprint density at radius 1 is 1.47 bits per heavy atom. The van der Waals surface area contributed by atoms with Crippen LogP contribution >= 0.6 is 0 Å². The van der Waals surface area contributed by atoms with Crippen LogP contribution in [0, 0.1) is 5.92 Å². The first-order valence-corrected chi connectivity index (χ1v) is 5.67. The minimum Gasteiger partial charge on any atom is -0.381 e. The monoisotopic (exact) mass is 242 g/mol. The first kappa shape index (κ1) is 13.6. The SMILES string of the molecule is CC(=O)CC[C@H](NC(=O)[C@H]1CCOC1)C(N)=O. The van der Waals surface area contributed by atoms with E-state index < -0.39 is 11.9 Å². The quantitative estimate of drug-likeness (QED) is 0.647. The smallest absolute Gasteiger partial charge is 0.240 e. The fourth-order valence-electron chi connectivity index (χ4n) is 1.66. The van der Waals surface area contributed by atoms with Crippen molar-refractivity contribution in [3.63, 3.8) is 0 Å². The maximum atomic E-state index is 11.7. The highest BCUT2D eigenvalue weighted by molar-refractivity contribution is 5.88. The first-order valence-electron chi connectivity index (χ1n) is 5.67. The van der Waals surface area contributed by atoms with Gasteiger partial charge in [0.1, 0.15) is 11.8 Å². The molecule has 0 radical (unpaired) electrons. The van der Waals surface area contributed by atoms with Crippen LogP contribution < -0.4 is 11.1 Å². The third-order valence-electron chi connectivity index (χ3n) is 2.75. The molecule has 0 saturated carbocycles. The number of ketones is 1. The highest BCUT2D eigenvalue weighted by Crippen LogP contribution is 2.12. The van der Waals surface area contributed by atoms with E-state index in [0.29, 0.717) is 19.6 Å². The summed E-state index contributed by atoms with van der Waals surface area (Å²) in [4.78, 5) is 33.7. The molecule has 2 atom stereocenters. The van der Waals surface area contributed by atoms with Crippen molar-refractivity contribution in [2.75, 3.05) is 13.2 Å². The molecule has 0 aromatic rings. The van der Waals surface area contributed by atoms with E-state index in [4.69, 9.17) is 10.5 Å². The second-order valence-corrected chi connectivity index (χ2v) is 4.26. The Balaban J connectivity index is 2.44.